The Labute approximate surface area is 173 Å². The van der Waals surface area contributed by atoms with Crippen molar-refractivity contribution < 1.29 is 9.53 Å². The molecule has 0 bridgehead atoms. The minimum atomic E-state index is -0.0479. The van der Waals surface area contributed by atoms with Crippen LogP contribution in [0, 0.1) is 0 Å². The fourth-order valence-electron chi connectivity index (χ4n) is 4.83. The molecule has 3 aliphatic rings. The number of amides is 1. The van der Waals surface area contributed by atoms with Crippen molar-refractivity contribution in [1.82, 2.24) is 25.7 Å². The van der Waals surface area contributed by atoms with Crippen LogP contribution in [-0.2, 0) is 17.7 Å². The first-order chi connectivity index (χ1) is 12.2. The first kappa shape index (κ1) is 22.4. The highest BCUT2D eigenvalue weighted by Gasteiger charge is 2.45. The highest BCUT2D eigenvalue weighted by atomic mass is 35.5. The second kappa shape index (κ2) is 9.56. The lowest BCUT2D eigenvalue weighted by molar-refractivity contribution is -0.0323. The third-order valence-corrected chi connectivity index (χ3v) is 6.29. The third-order valence-electron chi connectivity index (χ3n) is 6.29. The number of halogens is 2. The Morgan fingerprint density at radius 1 is 1.26 bits per heavy atom. The highest BCUT2D eigenvalue weighted by molar-refractivity contribution is 5.94. The van der Waals surface area contributed by atoms with Gasteiger partial charge in [0.05, 0.1) is 13.2 Å². The van der Waals surface area contributed by atoms with Crippen molar-refractivity contribution >= 4 is 30.7 Å². The van der Waals surface area contributed by atoms with Gasteiger partial charge >= 0.3 is 0 Å². The molecule has 1 aliphatic carbocycles. The van der Waals surface area contributed by atoms with Crippen LogP contribution in [0.25, 0.3) is 0 Å². The summed E-state index contributed by atoms with van der Waals surface area (Å²) in [5, 5.41) is 14.0. The van der Waals surface area contributed by atoms with Gasteiger partial charge in [0.1, 0.15) is 0 Å². The van der Waals surface area contributed by atoms with Crippen molar-refractivity contribution in [2.24, 2.45) is 0 Å². The number of nitrogens with zero attached hydrogens (tertiary/aromatic N) is 2. The summed E-state index contributed by atoms with van der Waals surface area (Å²) < 4.78 is 5.54. The van der Waals surface area contributed by atoms with Crippen LogP contribution >= 0.6 is 24.8 Å². The van der Waals surface area contributed by atoms with Crippen molar-refractivity contribution in [1.29, 1.82) is 0 Å². The lowest BCUT2D eigenvalue weighted by Gasteiger charge is -2.47. The van der Waals surface area contributed by atoms with Crippen molar-refractivity contribution in [2.75, 3.05) is 32.8 Å². The quantitative estimate of drug-likeness (QED) is 0.691. The van der Waals surface area contributed by atoms with Crippen LogP contribution in [0.5, 0.6) is 0 Å². The summed E-state index contributed by atoms with van der Waals surface area (Å²) in [5.41, 5.74) is 2.75. The smallest absolute Gasteiger partial charge is 0.272 e. The van der Waals surface area contributed by atoms with E-state index in [-0.39, 0.29) is 42.3 Å². The summed E-state index contributed by atoms with van der Waals surface area (Å²) in [5.74, 6) is -0.0479. The van der Waals surface area contributed by atoms with Crippen molar-refractivity contribution in [3.05, 3.63) is 17.0 Å². The van der Waals surface area contributed by atoms with Gasteiger partial charge in [-0.05, 0) is 19.8 Å². The van der Waals surface area contributed by atoms with E-state index < -0.39 is 0 Å². The maximum atomic E-state index is 12.9. The summed E-state index contributed by atoms with van der Waals surface area (Å²) in [4.78, 5) is 15.5. The van der Waals surface area contributed by atoms with E-state index >= 15 is 0 Å². The molecule has 1 aromatic heterocycles. The maximum Gasteiger partial charge on any atom is 0.272 e. The number of ether oxygens (including phenoxy) is 1. The molecule has 27 heavy (non-hydrogen) atoms. The Morgan fingerprint density at radius 2 is 1.96 bits per heavy atom. The Kier molecular flexibility index (Phi) is 7.94. The zero-order valence-electron chi connectivity index (χ0n) is 15.9. The zero-order chi connectivity index (χ0) is 17.3. The van der Waals surface area contributed by atoms with Gasteiger partial charge < -0.3 is 15.4 Å². The van der Waals surface area contributed by atoms with E-state index in [1.165, 1.54) is 12.8 Å². The standard InChI is InChI=1S/C18H29N5O2.2ClH/c1-13(18(5-2-3-6-18)23-8-10-25-11-9-23)20-17(24)16-14-12-19-7-4-15(14)21-22-16;;/h13,19H,2-12H2,1H3,(H,20,24)(H,21,22);2*1H. The van der Waals surface area contributed by atoms with Gasteiger partial charge in [0, 0.05) is 55.4 Å². The first-order valence-corrected chi connectivity index (χ1v) is 9.61. The molecule has 2 aliphatic heterocycles. The fraction of sp³-hybridized carbons (Fsp3) is 0.778. The highest BCUT2D eigenvalue weighted by Crippen LogP contribution is 2.38. The average molecular weight is 420 g/mol. The SMILES string of the molecule is CC(NC(=O)c1n[nH]c2c1CNCC2)C1(N2CCOCC2)CCCC1.Cl.Cl. The Hall–Kier alpha value is -0.860. The van der Waals surface area contributed by atoms with Crippen LogP contribution in [-0.4, -0.2) is 65.4 Å². The van der Waals surface area contributed by atoms with Crippen LogP contribution in [0.15, 0.2) is 0 Å². The van der Waals surface area contributed by atoms with Crippen LogP contribution in [0.4, 0.5) is 0 Å². The Morgan fingerprint density at radius 3 is 2.67 bits per heavy atom. The number of aromatic nitrogens is 2. The number of fused-ring (bicyclic) bond motifs is 1. The normalized spacial score (nSPS) is 22.9. The van der Waals surface area contributed by atoms with Crippen LogP contribution < -0.4 is 10.6 Å². The van der Waals surface area contributed by atoms with E-state index in [9.17, 15) is 4.79 Å². The zero-order valence-corrected chi connectivity index (χ0v) is 17.5. The number of carbonyl (C=O) groups excluding carboxylic acids is 1. The molecule has 1 aromatic rings. The molecule has 7 nitrogen and oxygen atoms in total. The molecule has 154 valence electrons. The van der Waals surface area contributed by atoms with Crippen molar-refractivity contribution in [3.8, 4) is 0 Å². The molecule has 3 heterocycles. The Bertz CT molecular complexity index is 627. The van der Waals surface area contributed by atoms with Crippen LogP contribution in [0.1, 0.15) is 54.4 Å². The average Bonchev–Trinajstić information content (AvgIpc) is 3.30. The number of rotatable bonds is 4. The van der Waals surface area contributed by atoms with Crippen molar-refractivity contribution in [2.45, 2.75) is 57.2 Å². The van der Waals surface area contributed by atoms with Gasteiger partial charge in [-0.25, -0.2) is 0 Å². The number of hydrogen-bond acceptors (Lipinski definition) is 5. The summed E-state index contributed by atoms with van der Waals surface area (Å²) in [6.45, 7) is 7.33. The Balaban J connectivity index is 0.00000131. The molecule has 4 rings (SSSR count). The minimum absolute atomic E-state index is 0. The molecule has 2 fully saturated rings. The van der Waals surface area contributed by atoms with E-state index in [2.05, 4.69) is 32.7 Å². The number of nitrogens with one attached hydrogen (secondary N) is 3. The van der Waals surface area contributed by atoms with Crippen molar-refractivity contribution in [3.63, 3.8) is 0 Å². The fourth-order valence-corrected chi connectivity index (χ4v) is 4.83. The molecule has 0 aromatic carbocycles. The third kappa shape index (κ3) is 4.27. The molecule has 3 N–H and O–H groups in total. The van der Waals surface area contributed by atoms with Gasteiger partial charge in [-0.2, -0.15) is 5.10 Å². The van der Waals surface area contributed by atoms with E-state index in [0.29, 0.717) is 5.69 Å². The molecule has 1 saturated carbocycles. The predicted molar refractivity (Wildman–Crippen MR) is 109 cm³/mol. The lowest BCUT2D eigenvalue weighted by Crippen LogP contribution is -2.62. The minimum Gasteiger partial charge on any atom is -0.379 e. The maximum absolute atomic E-state index is 12.9. The van der Waals surface area contributed by atoms with Crippen LogP contribution in [0.2, 0.25) is 0 Å². The van der Waals surface area contributed by atoms with E-state index in [0.717, 1.165) is 69.9 Å². The number of morpholine rings is 1. The molecule has 0 radical (unpaired) electrons. The number of aromatic amines is 1. The molecule has 1 atom stereocenters. The molecular formula is C18H31Cl2N5O2. The van der Waals surface area contributed by atoms with E-state index in [1.807, 2.05) is 0 Å². The molecule has 0 spiro atoms. The molecule has 9 heteroatoms. The lowest BCUT2D eigenvalue weighted by atomic mass is 9.86. The first-order valence-electron chi connectivity index (χ1n) is 9.61. The van der Waals surface area contributed by atoms with E-state index in [4.69, 9.17) is 4.74 Å². The second-order valence-corrected chi connectivity index (χ2v) is 7.56. The molecular weight excluding hydrogens is 389 g/mol. The topological polar surface area (TPSA) is 82.3 Å². The molecule has 1 saturated heterocycles. The monoisotopic (exact) mass is 419 g/mol. The number of H-pyrrole nitrogens is 1. The van der Waals surface area contributed by atoms with Gasteiger partial charge in [0.15, 0.2) is 5.69 Å². The second-order valence-electron chi connectivity index (χ2n) is 7.56. The summed E-state index contributed by atoms with van der Waals surface area (Å²) >= 11 is 0. The van der Waals surface area contributed by atoms with Gasteiger partial charge in [0.25, 0.3) is 5.91 Å². The van der Waals surface area contributed by atoms with Gasteiger partial charge in [-0.1, -0.05) is 12.8 Å². The number of hydrogen-bond donors (Lipinski definition) is 3. The largest absolute Gasteiger partial charge is 0.379 e. The number of carbonyl (C=O) groups is 1. The predicted octanol–water partition coefficient (Wildman–Crippen LogP) is 1.66. The van der Waals surface area contributed by atoms with Gasteiger partial charge in [0.2, 0.25) is 0 Å². The van der Waals surface area contributed by atoms with E-state index in [1.54, 1.807) is 0 Å². The van der Waals surface area contributed by atoms with Crippen LogP contribution in [0.3, 0.4) is 0 Å². The van der Waals surface area contributed by atoms with Gasteiger partial charge in [-0.3, -0.25) is 14.8 Å². The molecule has 1 amide bonds. The molecule has 1 unspecified atom stereocenters. The summed E-state index contributed by atoms with van der Waals surface area (Å²) in [6, 6.07) is 0.101. The van der Waals surface area contributed by atoms with Gasteiger partial charge in [-0.15, -0.1) is 24.8 Å². The summed E-state index contributed by atoms with van der Waals surface area (Å²) in [7, 11) is 0. The summed E-state index contributed by atoms with van der Waals surface area (Å²) in [6.07, 6.45) is 5.67.